The summed E-state index contributed by atoms with van der Waals surface area (Å²) >= 11 is 4.34. The van der Waals surface area contributed by atoms with Gasteiger partial charge in [0, 0.05) is 11.5 Å². The topological polar surface area (TPSA) is 29.1 Å². The lowest BCUT2D eigenvalue weighted by atomic mass is 9.74. The summed E-state index contributed by atoms with van der Waals surface area (Å²) in [5.74, 6) is 1.99. The van der Waals surface area contributed by atoms with Gasteiger partial charge in [0.2, 0.25) is 0 Å². The molecule has 0 aromatic rings. The molecule has 2 fully saturated rings. The summed E-state index contributed by atoms with van der Waals surface area (Å²) in [5.41, 5.74) is 0.0283. The summed E-state index contributed by atoms with van der Waals surface area (Å²) in [6.07, 6.45) is 9.00. The van der Waals surface area contributed by atoms with Crippen molar-refractivity contribution >= 4 is 28.2 Å². The van der Waals surface area contributed by atoms with E-state index in [9.17, 15) is 4.79 Å². The highest BCUT2D eigenvalue weighted by molar-refractivity contribution is 8.69. The first-order valence-corrected chi connectivity index (χ1v) is 9.98. The summed E-state index contributed by atoms with van der Waals surface area (Å²) in [4.78, 5) is 12.6. The van der Waals surface area contributed by atoms with Crippen LogP contribution in [0.15, 0.2) is 0 Å². The molecule has 116 valence electrons. The predicted octanol–water partition coefficient (Wildman–Crippen LogP) is 4.45. The van der Waals surface area contributed by atoms with Gasteiger partial charge >= 0.3 is 0 Å². The second-order valence-corrected chi connectivity index (χ2v) is 8.71. The average Bonchev–Trinajstić information content (AvgIpc) is 2.28. The molecule has 2 unspecified atom stereocenters. The molecule has 2 aliphatic carbocycles. The highest BCUT2D eigenvalue weighted by atomic mass is 33.1. The molecule has 4 heteroatoms. The molecule has 20 heavy (non-hydrogen) atoms. The van der Waals surface area contributed by atoms with Gasteiger partial charge in [-0.2, -0.15) is 0 Å². The van der Waals surface area contributed by atoms with Gasteiger partial charge in [0.25, 0.3) is 0 Å². The number of ketones is 1. The van der Waals surface area contributed by atoms with Crippen LogP contribution in [0.1, 0.15) is 65.7 Å². The molecule has 2 nitrogen and oxygen atoms in total. The van der Waals surface area contributed by atoms with Gasteiger partial charge in [-0.15, -0.1) is 11.7 Å². The van der Waals surface area contributed by atoms with E-state index in [-0.39, 0.29) is 16.8 Å². The molecule has 0 amide bonds. The molecule has 0 aliphatic heterocycles. The van der Waals surface area contributed by atoms with Gasteiger partial charge in [0.15, 0.2) is 5.78 Å². The molecule has 0 heterocycles. The second-order valence-electron chi connectivity index (χ2n) is 7.40. The first-order valence-electron chi connectivity index (χ1n) is 8.04. The Morgan fingerprint density at radius 2 is 1.90 bits per heavy atom. The minimum Gasteiger partial charge on any atom is -0.297 e. The Morgan fingerprint density at radius 1 is 1.30 bits per heavy atom. The van der Waals surface area contributed by atoms with E-state index in [2.05, 4.69) is 37.7 Å². The van der Waals surface area contributed by atoms with E-state index < -0.39 is 0 Å². The van der Waals surface area contributed by atoms with Gasteiger partial charge in [-0.05, 0) is 44.9 Å². The van der Waals surface area contributed by atoms with Crippen LogP contribution in [0.3, 0.4) is 0 Å². The van der Waals surface area contributed by atoms with E-state index in [1.54, 1.807) is 0 Å². The molecule has 2 rings (SSSR count). The van der Waals surface area contributed by atoms with E-state index in [0.717, 1.165) is 5.92 Å². The number of rotatable bonds is 8. The summed E-state index contributed by atoms with van der Waals surface area (Å²) in [6, 6.07) is 0. The van der Waals surface area contributed by atoms with Crippen molar-refractivity contribution in [3.05, 3.63) is 0 Å². The molecular formula is C16H29NOS2. The Balaban J connectivity index is 1.87. The maximum Gasteiger partial charge on any atom is 0.163 e. The smallest absolute Gasteiger partial charge is 0.163 e. The predicted molar refractivity (Wildman–Crippen MR) is 91.0 cm³/mol. The molecule has 0 spiro atoms. The maximum atomic E-state index is 12.6. The van der Waals surface area contributed by atoms with Crippen molar-refractivity contribution in [2.75, 3.05) is 0 Å². The van der Waals surface area contributed by atoms with Crippen molar-refractivity contribution in [3.8, 4) is 0 Å². The number of hydrogen-bond acceptors (Lipinski definition) is 4. The number of carbonyl (C=O) groups is 1. The number of nitrogens with one attached hydrogen (secondary N) is 1. The molecule has 0 aromatic carbocycles. The standard InChI is InChI=1S/C16H29NOS2/c1-11(13-8-5-9-13)14(18)15(20-19)17-16(2,3)10-12-6-4-7-12/h11-13,15,17,19H,4-10H2,1-3H3. The first kappa shape index (κ1) is 16.7. The normalized spacial score (nSPS) is 23.8. The van der Waals surface area contributed by atoms with Crippen LogP contribution in [0.4, 0.5) is 0 Å². The maximum absolute atomic E-state index is 12.6. The van der Waals surface area contributed by atoms with Crippen LogP contribution in [-0.4, -0.2) is 16.7 Å². The molecular weight excluding hydrogens is 286 g/mol. The van der Waals surface area contributed by atoms with Crippen LogP contribution < -0.4 is 5.32 Å². The largest absolute Gasteiger partial charge is 0.297 e. The number of carbonyl (C=O) groups excluding carboxylic acids is 1. The van der Waals surface area contributed by atoms with Crippen molar-refractivity contribution < 1.29 is 4.79 Å². The number of Topliss-reactive ketones (excluding diaryl/α,β-unsaturated/α-hetero) is 1. The molecule has 2 aliphatic rings. The van der Waals surface area contributed by atoms with E-state index in [1.807, 2.05) is 0 Å². The van der Waals surface area contributed by atoms with Crippen molar-refractivity contribution in [2.24, 2.45) is 17.8 Å². The summed E-state index contributed by atoms with van der Waals surface area (Å²) < 4.78 is 0. The zero-order valence-electron chi connectivity index (χ0n) is 13.0. The molecule has 0 bridgehead atoms. The van der Waals surface area contributed by atoms with Gasteiger partial charge in [-0.1, -0.05) is 43.4 Å². The van der Waals surface area contributed by atoms with Crippen molar-refractivity contribution in [3.63, 3.8) is 0 Å². The van der Waals surface area contributed by atoms with E-state index >= 15 is 0 Å². The third-order valence-electron chi connectivity index (χ3n) is 5.22. The quantitative estimate of drug-likeness (QED) is 0.394. The third kappa shape index (κ3) is 4.17. The van der Waals surface area contributed by atoms with Crippen LogP contribution in [0.5, 0.6) is 0 Å². The fourth-order valence-corrected chi connectivity index (χ4v) is 4.55. The lowest BCUT2D eigenvalue weighted by Crippen LogP contribution is -2.51. The first-order chi connectivity index (χ1) is 9.43. The Bertz CT molecular complexity index is 337. The second kappa shape index (κ2) is 7.06. The SMILES string of the molecule is CC(C(=O)C(NC(C)(C)CC1CCC1)SS)C1CCC1. The molecule has 0 radical (unpaired) electrons. The van der Waals surface area contributed by atoms with Crippen molar-refractivity contribution in [1.82, 2.24) is 5.32 Å². The fraction of sp³-hybridized carbons (Fsp3) is 0.938. The van der Waals surface area contributed by atoms with Crippen LogP contribution in [-0.2, 0) is 4.79 Å². The average molecular weight is 316 g/mol. The molecule has 2 saturated carbocycles. The monoisotopic (exact) mass is 315 g/mol. The Labute approximate surface area is 133 Å². The van der Waals surface area contributed by atoms with Crippen LogP contribution in [0.2, 0.25) is 0 Å². The molecule has 0 saturated heterocycles. The zero-order chi connectivity index (χ0) is 14.8. The number of hydrogen-bond donors (Lipinski definition) is 2. The van der Waals surface area contributed by atoms with Crippen LogP contribution in [0, 0.1) is 17.8 Å². The Hall–Kier alpha value is 0.330. The highest BCUT2D eigenvalue weighted by Crippen LogP contribution is 2.37. The van der Waals surface area contributed by atoms with E-state index in [0.29, 0.717) is 11.7 Å². The van der Waals surface area contributed by atoms with Crippen molar-refractivity contribution in [1.29, 1.82) is 0 Å². The van der Waals surface area contributed by atoms with Crippen molar-refractivity contribution in [2.45, 2.75) is 76.6 Å². The van der Waals surface area contributed by atoms with Gasteiger partial charge in [-0.25, -0.2) is 0 Å². The van der Waals surface area contributed by atoms with E-state index in [4.69, 9.17) is 0 Å². The minimum absolute atomic E-state index is 0.0283. The number of thiol groups is 1. The van der Waals surface area contributed by atoms with Crippen LogP contribution >= 0.6 is 22.5 Å². The fourth-order valence-electron chi connectivity index (χ4n) is 3.39. The Kier molecular flexibility index (Phi) is 5.89. The molecule has 1 N–H and O–H groups in total. The summed E-state index contributed by atoms with van der Waals surface area (Å²) in [7, 11) is 1.37. The minimum atomic E-state index is -0.163. The lowest BCUT2D eigenvalue weighted by Gasteiger charge is -2.38. The lowest BCUT2D eigenvalue weighted by molar-refractivity contribution is -0.125. The molecule has 2 atom stereocenters. The third-order valence-corrected chi connectivity index (χ3v) is 6.41. The summed E-state index contributed by atoms with van der Waals surface area (Å²) in [6.45, 7) is 6.55. The van der Waals surface area contributed by atoms with E-state index in [1.165, 1.54) is 55.7 Å². The highest BCUT2D eigenvalue weighted by Gasteiger charge is 2.36. The molecule has 0 aromatic heterocycles. The van der Waals surface area contributed by atoms with Gasteiger partial charge in [0.05, 0.1) is 0 Å². The summed E-state index contributed by atoms with van der Waals surface area (Å²) in [5, 5.41) is 3.40. The van der Waals surface area contributed by atoms with Crippen LogP contribution in [0.25, 0.3) is 0 Å². The van der Waals surface area contributed by atoms with Gasteiger partial charge in [-0.3, -0.25) is 10.1 Å². The zero-order valence-corrected chi connectivity index (χ0v) is 14.7. The van der Waals surface area contributed by atoms with Gasteiger partial charge < -0.3 is 0 Å². The van der Waals surface area contributed by atoms with Gasteiger partial charge in [0.1, 0.15) is 5.37 Å². The Morgan fingerprint density at radius 3 is 2.30 bits per heavy atom.